The van der Waals surface area contributed by atoms with Crippen LogP contribution in [0.25, 0.3) is 0 Å². The molecule has 0 saturated heterocycles. The van der Waals surface area contributed by atoms with E-state index in [1.807, 2.05) is 0 Å². The molecule has 1 heterocycles. The van der Waals surface area contributed by atoms with Gasteiger partial charge in [0, 0.05) is 12.2 Å². The number of hydrogen-bond acceptors (Lipinski definition) is 4. The second-order valence-corrected chi connectivity index (χ2v) is 7.87. The van der Waals surface area contributed by atoms with Gasteiger partial charge in [-0.05, 0) is 41.8 Å². The molecule has 1 aliphatic heterocycles. The maximum Gasteiger partial charge on any atom is 0.422 e. The monoisotopic (exact) mass is 371 g/mol. The van der Waals surface area contributed by atoms with E-state index in [0.29, 0.717) is 23.5 Å². The van der Waals surface area contributed by atoms with Gasteiger partial charge in [-0.3, -0.25) is 0 Å². The van der Waals surface area contributed by atoms with Gasteiger partial charge in [-0.15, -0.1) is 0 Å². The summed E-state index contributed by atoms with van der Waals surface area (Å²) in [7, 11) is -3.21. The van der Waals surface area contributed by atoms with Gasteiger partial charge in [-0.1, -0.05) is 18.2 Å². The van der Waals surface area contributed by atoms with Crippen LogP contribution in [0.4, 0.5) is 18.9 Å². The van der Waals surface area contributed by atoms with E-state index in [1.54, 1.807) is 30.3 Å². The second-order valence-electron chi connectivity index (χ2n) is 5.80. The molecule has 0 fully saturated rings. The summed E-state index contributed by atoms with van der Waals surface area (Å²) >= 11 is 0. The van der Waals surface area contributed by atoms with Crippen LogP contribution in [0.2, 0.25) is 0 Å². The maximum atomic E-state index is 12.2. The average Bonchev–Trinajstić information content (AvgIpc) is 2.86. The predicted molar refractivity (Wildman–Crippen MR) is 87.5 cm³/mol. The Morgan fingerprint density at radius 2 is 1.92 bits per heavy atom. The third-order valence-electron chi connectivity index (χ3n) is 3.84. The van der Waals surface area contributed by atoms with Crippen LogP contribution in [0.1, 0.15) is 11.1 Å². The van der Waals surface area contributed by atoms with Gasteiger partial charge in [0.2, 0.25) is 0 Å². The Kier molecular flexibility index (Phi) is 4.64. The molecular formula is C17H16F3NO3S. The van der Waals surface area contributed by atoms with E-state index in [4.69, 9.17) is 4.74 Å². The number of nitrogens with one attached hydrogen (secondary N) is 1. The number of anilines is 1. The molecule has 2 aromatic rings. The van der Waals surface area contributed by atoms with Crippen molar-refractivity contribution in [3.05, 3.63) is 53.6 Å². The SMILES string of the molecule is O=S1(=O)CCc2ccc(NCc3cccc(OCC(F)(F)F)c3)cc21. The van der Waals surface area contributed by atoms with E-state index in [-0.39, 0.29) is 11.5 Å². The molecule has 134 valence electrons. The molecule has 25 heavy (non-hydrogen) atoms. The number of hydrogen-bond donors (Lipinski definition) is 1. The largest absolute Gasteiger partial charge is 0.484 e. The van der Waals surface area contributed by atoms with Crippen molar-refractivity contribution in [1.29, 1.82) is 0 Å². The van der Waals surface area contributed by atoms with Gasteiger partial charge >= 0.3 is 6.18 Å². The van der Waals surface area contributed by atoms with Gasteiger partial charge in [0.15, 0.2) is 16.4 Å². The minimum Gasteiger partial charge on any atom is -0.484 e. The van der Waals surface area contributed by atoms with Gasteiger partial charge < -0.3 is 10.1 Å². The highest BCUT2D eigenvalue weighted by Gasteiger charge is 2.28. The van der Waals surface area contributed by atoms with Crippen molar-refractivity contribution in [3.8, 4) is 5.75 Å². The predicted octanol–water partition coefficient (Wildman–Crippen LogP) is 3.57. The van der Waals surface area contributed by atoms with Gasteiger partial charge in [-0.2, -0.15) is 13.2 Å². The smallest absolute Gasteiger partial charge is 0.422 e. The summed E-state index contributed by atoms with van der Waals surface area (Å²) in [4.78, 5) is 0.347. The number of benzene rings is 2. The molecule has 0 bridgehead atoms. The van der Waals surface area contributed by atoms with E-state index >= 15 is 0 Å². The van der Waals surface area contributed by atoms with Gasteiger partial charge in [0.05, 0.1) is 10.6 Å². The van der Waals surface area contributed by atoms with Crippen LogP contribution in [0.5, 0.6) is 5.75 Å². The standard InChI is InChI=1S/C17H16F3NO3S/c18-17(19,20)11-24-15-3-1-2-12(8-15)10-21-14-5-4-13-6-7-25(22,23)16(13)9-14/h1-5,8-9,21H,6-7,10-11H2. The fraction of sp³-hybridized carbons (Fsp3) is 0.294. The van der Waals surface area contributed by atoms with E-state index in [9.17, 15) is 21.6 Å². The number of sulfone groups is 1. The fourth-order valence-electron chi connectivity index (χ4n) is 2.63. The third-order valence-corrected chi connectivity index (χ3v) is 5.63. The highest BCUT2D eigenvalue weighted by Crippen LogP contribution is 2.29. The molecule has 0 aliphatic carbocycles. The van der Waals surface area contributed by atoms with Crippen molar-refractivity contribution in [3.63, 3.8) is 0 Å². The molecule has 0 radical (unpaired) electrons. The lowest BCUT2D eigenvalue weighted by atomic mass is 10.1. The van der Waals surface area contributed by atoms with Gasteiger partial charge in [-0.25, -0.2) is 8.42 Å². The van der Waals surface area contributed by atoms with Crippen LogP contribution >= 0.6 is 0 Å². The first-order valence-electron chi connectivity index (χ1n) is 7.61. The molecule has 0 atom stereocenters. The Bertz CT molecular complexity index is 879. The third kappa shape index (κ3) is 4.45. The molecule has 0 saturated carbocycles. The lowest BCUT2D eigenvalue weighted by molar-refractivity contribution is -0.153. The minimum atomic E-state index is -4.38. The molecule has 4 nitrogen and oxygen atoms in total. The normalized spacial score (nSPS) is 15.6. The van der Waals surface area contributed by atoms with Crippen LogP contribution in [-0.4, -0.2) is 27.0 Å². The lowest BCUT2D eigenvalue weighted by Crippen LogP contribution is -2.19. The highest BCUT2D eigenvalue weighted by atomic mass is 32.2. The van der Waals surface area contributed by atoms with E-state index in [1.165, 1.54) is 12.1 Å². The van der Waals surface area contributed by atoms with Crippen LogP contribution in [0, 0.1) is 0 Å². The van der Waals surface area contributed by atoms with Crippen molar-refractivity contribution in [1.82, 2.24) is 0 Å². The number of alkyl halides is 3. The molecule has 3 rings (SSSR count). The minimum absolute atomic E-state index is 0.129. The van der Waals surface area contributed by atoms with E-state index in [0.717, 1.165) is 11.1 Å². The number of fused-ring (bicyclic) bond motifs is 1. The van der Waals surface area contributed by atoms with Crippen molar-refractivity contribution >= 4 is 15.5 Å². The average molecular weight is 371 g/mol. The molecule has 1 aliphatic rings. The summed E-state index contributed by atoms with van der Waals surface area (Å²) in [5, 5.41) is 3.09. The summed E-state index contributed by atoms with van der Waals surface area (Å²) in [5.41, 5.74) is 2.18. The number of ether oxygens (including phenoxy) is 1. The second kappa shape index (κ2) is 6.59. The Morgan fingerprint density at radius 1 is 1.12 bits per heavy atom. The summed E-state index contributed by atoms with van der Waals surface area (Å²) < 4.78 is 65.2. The summed E-state index contributed by atoms with van der Waals surface area (Å²) in [6, 6.07) is 11.5. The Hall–Kier alpha value is -2.22. The van der Waals surface area contributed by atoms with Crippen molar-refractivity contribution in [2.45, 2.75) is 24.0 Å². The first kappa shape index (κ1) is 17.6. The first-order chi connectivity index (χ1) is 11.7. The zero-order chi connectivity index (χ0) is 18.1. The van der Waals surface area contributed by atoms with Crippen LogP contribution < -0.4 is 10.1 Å². The lowest BCUT2D eigenvalue weighted by Gasteiger charge is -2.11. The maximum absolute atomic E-state index is 12.2. The Labute approximate surface area is 143 Å². The van der Waals surface area contributed by atoms with Crippen molar-refractivity contribution in [2.75, 3.05) is 17.7 Å². The van der Waals surface area contributed by atoms with Crippen LogP contribution in [-0.2, 0) is 22.8 Å². The number of aryl methyl sites for hydroxylation is 1. The van der Waals surface area contributed by atoms with Crippen LogP contribution in [0.15, 0.2) is 47.4 Å². The number of halogens is 3. The molecule has 8 heteroatoms. The molecule has 0 spiro atoms. The Balaban J connectivity index is 1.66. The molecule has 0 unspecified atom stereocenters. The molecular weight excluding hydrogens is 355 g/mol. The quantitative estimate of drug-likeness (QED) is 0.873. The molecule has 0 amide bonds. The topological polar surface area (TPSA) is 55.4 Å². The highest BCUT2D eigenvalue weighted by molar-refractivity contribution is 7.91. The van der Waals surface area contributed by atoms with Crippen molar-refractivity contribution < 1.29 is 26.3 Å². The van der Waals surface area contributed by atoms with Gasteiger partial charge in [0.25, 0.3) is 0 Å². The molecule has 1 N–H and O–H groups in total. The summed E-state index contributed by atoms with van der Waals surface area (Å²) in [6.07, 6.45) is -3.86. The Morgan fingerprint density at radius 3 is 2.68 bits per heavy atom. The van der Waals surface area contributed by atoms with E-state index in [2.05, 4.69) is 5.32 Å². The van der Waals surface area contributed by atoms with E-state index < -0.39 is 22.6 Å². The number of rotatable bonds is 5. The zero-order valence-electron chi connectivity index (χ0n) is 13.1. The fourth-order valence-corrected chi connectivity index (χ4v) is 4.21. The van der Waals surface area contributed by atoms with Crippen molar-refractivity contribution in [2.24, 2.45) is 0 Å². The zero-order valence-corrected chi connectivity index (χ0v) is 14.0. The van der Waals surface area contributed by atoms with Crippen LogP contribution in [0.3, 0.4) is 0 Å². The first-order valence-corrected chi connectivity index (χ1v) is 9.26. The molecule has 2 aromatic carbocycles. The molecule has 0 aromatic heterocycles. The summed E-state index contributed by atoms with van der Waals surface area (Å²) in [5.74, 6) is 0.262. The summed E-state index contributed by atoms with van der Waals surface area (Å²) in [6.45, 7) is -1.01. The van der Waals surface area contributed by atoms with Gasteiger partial charge in [0.1, 0.15) is 5.75 Å².